The molecule has 0 aliphatic heterocycles. The number of hydrogen-bond donors (Lipinski definition) is 0. The van der Waals surface area contributed by atoms with Crippen molar-refractivity contribution in [3.05, 3.63) is 41.5 Å². The van der Waals surface area contributed by atoms with Crippen LogP contribution < -0.4 is 0 Å². The van der Waals surface area contributed by atoms with Gasteiger partial charge in [0.2, 0.25) is 0 Å². The van der Waals surface area contributed by atoms with E-state index < -0.39 is 17.7 Å². The zero-order chi connectivity index (χ0) is 17.6. The van der Waals surface area contributed by atoms with Crippen LogP contribution >= 0.6 is 0 Å². The standard InChI is InChI=1S/C17H21NO5/c1-17(2,3)23-16(21)18(4)14(10-15(20)22-5)13-9-7-6-8-12(13)11-19/h6-11H,1-5H3/b14-10-. The summed E-state index contributed by atoms with van der Waals surface area (Å²) in [5.74, 6) is -0.642. The maximum atomic E-state index is 12.3. The molecule has 0 heterocycles. The largest absolute Gasteiger partial charge is 0.466 e. The zero-order valence-electron chi connectivity index (χ0n) is 14.0. The molecule has 23 heavy (non-hydrogen) atoms. The van der Waals surface area contributed by atoms with E-state index in [0.717, 1.165) is 6.08 Å². The topological polar surface area (TPSA) is 72.9 Å². The Bertz CT molecular complexity index is 628. The van der Waals surface area contributed by atoms with Crippen LogP contribution in [-0.2, 0) is 14.3 Å². The summed E-state index contributed by atoms with van der Waals surface area (Å²) < 4.78 is 9.92. The number of carbonyl (C=O) groups is 3. The molecule has 1 amide bonds. The van der Waals surface area contributed by atoms with Crippen molar-refractivity contribution in [3.63, 3.8) is 0 Å². The van der Waals surface area contributed by atoms with Gasteiger partial charge in [0.25, 0.3) is 0 Å². The first kappa shape index (κ1) is 18.4. The van der Waals surface area contributed by atoms with Gasteiger partial charge in [-0.1, -0.05) is 24.3 Å². The molecule has 124 valence electrons. The van der Waals surface area contributed by atoms with Gasteiger partial charge in [0.05, 0.1) is 12.8 Å². The quantitative estimate of drug-likeness (QED) is 0.485. The molecule has 0 N–H and O–H groups in total. The van der Waals surface area contributed by atoms with E-state index in [4.69, 9.17) is 4.74 Å². The molecule has 6 nitrogen and oxygen atoms in total. The van der Waals surface area contributed by atoms with E-state index in [2.05, 4.69) is 4.74 Å². The second kappa shape index (κ2) is 7.58. The van der Waals surface area contributed by atoms with Crippen LogP contribution in [0.2, 0.25) is 0 Å². The molecule has 1 rings (SSSR count). The lowest BCUT2D eigenvalue weighted by atomic mass is 10.0. The van der Waals surface area contributed by atoms with Crippen LogP contribution in [0.15, 0.2) is 30.3 Å². The first-order chi connectivity index (χ1) is 10.7. The minimum absolute atomic E-state index is 0.216. The molecule has 0 radical (unpaired) electrons. The monoisotopic (exact) mass is 319 g/mol. The van der Waals surface area contributed by atoms with Crippen LogP contribution in [0, 0.1) is 0 Å². The summed E-state index contributed by atoms with van der Waals surface area (Å²) >= 11 is 0. The highest BCUT2D eigenvalue weighted by molar-refractivity contribution is 5.97. The van der Waals surface area contributed by atoms with Gasteiger partial charge in [0, 0.05) is 24.3 Å². The van der Waals surface area contributed by atoms with Gasteiger partial charge in [-0.25, -0.2) is 9.59 Å². The number of methoxy groups -OCH3 is 1. The fourth-order valence-corrected chi connectivity index (χ4v) is 1.79. The SMILES string of the molecule is COC(=O)/C=C(/c1ccccc1C=O)N(C)C(=O)OC(C)(C)C. The average molecular weight is 319 g/mol. The lowest BCUT2D eigenvalue weighted by Gasteiger charge is -2.26. The maximum absolute atomic E-state index is 12.3. The van der Waals surface area contributed by atoms with Gasteiger partial charge in [-0.3, -0.25) is 9.69 Å². The number of nitrogens with zero attached hydrogens (tertiary/aromatic N) is 1. The molecule has 1 aromatic rings. The highest BCUT2D eigenvalue weighted by Crippen LogP contribution is 2.23. The number of esters is 1. The average Bonchev–Trinajstić information content (AvgIpc) is 2.50. The first-order valence-corrected chi connectivity index (χ1v) is 7.00. The number of hydrogen-bond acceptors (Lipinski definition) is 5. The normalized spacial score (nSPS) is 11.6. The van der Waals surface area contributed by atoms with Gasteiger partial charge in [-0.15, -0.1) is 0 Å². The summed E-state index contributed by atoms with van der Waals surface area (Å²) in [6, 6.07) is 6.63. The predicted octanol–water partition coefficient (Wildman–Crippen LogP) is 2.88. The molecule has 0 aliphatic rings. The van der Waals surface area contributed by atoms with Gasteiger partial charge < -0.3 is 9.47 Å². The fourth-order valence-electron chi connectivity index (χ4n) is 1.79. The lowest BCUT2D eigenvalue weighted by molar-refractivity contribution is -0.134. The van der Waals surface area contributed by atoms with E-state index in [0.29, 0.717) is 17.4 Å². The minimum atomic E-state index is -0.689. The molecule has 0 saturated carbocycles. The number of aldehydes is 1. The third-order valence-corrected chi connectivity index (χ3v) is 2.85. The number of benzene rings is 1. The van der Waals surface area contributed by atoms with Crippen molar-refractivity contribution < 1.29 is 23.9 Å². The molecule has 0 aliphatic carbocycles. The van der Waals surface area contributed by atoms with Crippen LogP contribution in [0.4, 0.5) is 4.79 Å². The molecule has 0 unspecified atom stereocenters. The lowest BCUT2D eigenvalue weighted by Crippen LogP contribution is -2.33. The molecule has 0 spiro atoms. The van der Waals surface area contributed by atoms with Gasteiger partial charge in [-0.2, -0.15) is 0 Å². The molecule has 0 saturated heterocycles. The highest BCUT2D eigenvalue weighted by atomic mass is 16.6. The summed E-state index contributed by atoms with van der Waals surface area (Å²) in [6.07, 6.45) is 1.16. The van der Waals surface area contributed by atoms with E-state index in [1.54, 1.807) is 45.0 Å². The Balaban J connectivity index is 3.31. The zero-order valence-corrected chi connectivity index (χ0v) is 14.0. The highest BCUT2D eigenvalue weighted by Gasteiger charge is 2.24. The van der Waals surface area contributed by atoms with Crippen LogP contribution in [0.1, 0.15) is 36.7 Å². The molecule has 6 heteroatoms. The molecular weight excluding hydrogens is 298 g/mol. The molecule has 0 fully saturated rings. The van der Waals surface area contributed by atoms with Crippen molar-refractivity contribution in [3.8, 4) is 0 Å². The van der Waals surface area contributed by atoms with Gasteiger partial charge in [0.15, 0.2) is 6.29 Å². The summed E-state index contributed by atoms with van der Waals surface area (Å²) in [4.78, 5) is 36.3. The number of carbonyl (C=O) groups excluding carboxylic acids is 3. The van der Waals surface area contributed by atoms with Crippen LogP contribution in [0.25, 0.3) is 5.70 Å². The molecule has 0 atom stereocenters. The van der Waals surface area contributed by atoms with E-state index in [1.807, 2.05) is 0 Å². The van der Waals surface area contributed by atoms with Crippen molar-refractivity contribution in [1.82, 2.24) is 4.90 Å². The van der Waals surface area contributed by atoms with Crippen LogP contribution in [0.5, 0.6) is 0 Å². The Morgan fingerprint density at radius 2 is 1.78 bits per heavy atom. The number of ether oxygens (including phenoxy) is 2. The van der Waals surface area contributed by atoms with E-state index >= 15 is 0 Å². The number of amides is 1. The van der Waals surface area contributed by atoms with Crippen molar-refractivity contribution in [2.75, 3.05) is 14.2 Å². The Labute approximate surface area is 135 Å². The van der Waals surface area contributed by atoms with Gasteiger partial charge in [0.1, 0.15) is 5.60 Å². The molecule has 0 bridgehead atoms. The predicted molar refractivity (Wildman–Crippen MR) is 85.8 cm³/mol. The maximum Gasteiger partial charge on any atom is 0.414 e. The summed E-state index contributed by atoms with van der Waals surface area (Å²) in [5.41, 5.74) is 0.305. The Hall–Kier alpha value is -2.63. The molecule has 0 aromatic heterocycles. The minimum Gasteiger partial charge on any atom is -0.466 e. The molecular formula is C17H21NO5. The second-order valence-corrected chi connectivity index (χ2v) is 5.80. The second-order valence-electron chi connectivity index (χ2n) is 5.80. The third-order valence-electron chi connectivity index (χ3n) is 2.85. The summed E-state index contributed by atoms with van der Waals surface area (Å²) in [7, 11) is 2.69. The number of rotatable bonds is 4. The van der Waals surface area contributed by atoms with Crippen LogP contribution in [0.3, 0.4) is 0 Å². The van der Waals surface area contributed by atoms with E-state index in [9.17, 15) is 14.4 Å². The molecule has 1 aromatic carbocycles. The van der Waals surface area contributed by atoms with Crippen molar-refractivity contribution >= 4 is 24.0 Å². The Kier molecular flexibility index (Phi) is 6.07. The smallest absolute Gasteiger partial charge is 0.414 e. The van der Waals surface area contributed by atoms with Crippen LogP contribution in [-0.4, -0.2) is 43.0 Å². The van der Waals surface area contributed by atoms with E-state index in [1.165, 1.54) is 19.1 Å². The summed E-state index contributed by atoms with van der Waals surface area (Å²) in [5, 5.41) is 0. The van der Waals surface area contributed by atoms with Gasteiger partial charge in [-0.05, 0) is 20.8 Å². The fraction of sp³-hybridized carbons (Fsp3) is 0.353. The summed E-state index contributed by atoms with van der Waals surface area (Å²) in [6.45, 7) is 5.21. The van der Waals surface area contributed by atoms with E-state index in [-0.39, 0.29) is 5.70 Å². The third kappa shape index (κ3) is 5.25. The van der Waals surface area contributed by atoms with Crippen molar-refractivity contribution in [2.45, 2.75) is 26.4 Å². The van der Waals surface area contributed by atoms with Gasteiger partial charge >= 0.3 is 12.1 Å². The van der Waals surface area contributed by atoms with Crippen molar-refractivity contribution in [2.24, 2.45) is 0 Å². The Morgan fingerprint density at radius 1 is 1.17 bits per heavy atom. The first-order valence-electron chi connectivity index (χ1n) is 7.00. The van der Waals surface area contributed by atoms with Crippen molar-refractivity contribution in [1.29, 1.82) is 0 Å². The Morgan fingerprint density at radius 3 is 2.30 bits per heavy atom.